The van der Waals surface area contributed by atoms with Crippen molar-refractivity contribution in [3.63, 3.8) is 0 Å². The van der Waals surface area contributed by atoms with E-state index in [1.54, 1.807) is 31.4 Å². The SMILES string of the molecule is CC(C)c1c(C(=O)N(C)c2ccccn2)nn(-c2ccc(F)cc2)c1OC[C@@H](O)C[C@@H](O)CC(=O)O. The molecule has 0 bridgehead atoms. The number of carbonyl (C=O) groups is 2. The molecule has 0 fully saturated rings. The van der Waals surface area contributed by atoms with Gasteiger partial charge in [-0.25, -0.2) is 14.1 Å². The Labute approximate surface area is 207 Å². The molecule has 36 heavy (non-hydrogen) atoms. The van der Waals surface area contributed by atoms with Crippen LogP contribution < -0.4 is 9.64 Å². The van der Waals surface area contributed by atoms with Crippen molar-refractivity contribution in [2.45, 2.75) is 44.8 Å². The van der Waals surface area contributed by atoms with Gasteiger partial charge in [-0.05, 0) is 42.3 Å². The van der Waals surface area contributed by atoms with E-state index in [1.807, 2.05) is 13.8 Å². The largest absolute Gasteiger partial charge is 0.481 e. The number of carboxylic acid groups (broad SMARTS) is 1. The minimum absolute atomic E-state index is 0.0953. The number of aliphatic hydroxyl groups excluding tert-OH is 2. The van der Waals surface area contributed by atoms with Crippen molar-refractivity contribution in [2.75, 3.05) is 18.6 Å². The molecule has 0 aliphatic rings. The number of hydrogen-bond acceptors (Lipinski definition) is 7. The maximum atomic E-state index is 13.6. The van der Waals surface area contributed by atoms with Gasteiger partial charge in [0.05, 0.1) is 29.9 Å². The second-order valence-electron chi connectivity index (χ2n) is 8.61. The van der Waals surface area contributed by atoms with E-state index in [9.17, 15) is 24.2 Å². The van der Waals surface area contributed by atoms with E-state index in [4.69, 9.17) is 9.84 Å². The lowest BCUT2D eigenvalue weighted by Crippen LogP contribution is -2.28. The average Bonchev–Trinajstić information content (AvgIpc) is 3.22. The molecule has 0 aliphatic heterocycles. The van der Waals surface area contributed by atoms with Gasteiger partial charge in [0, 0.05) is 19.7 Å². The molecule has 0 saturated heterocycles. The molecule has 1 aromatic carbocycles. The molecule has 3 rings (SSSR count). The van der Waals surface area contributed by atoms with Gasteiger partial charge < -0.3 is 20.1 Å². The maximum absolute atomic E-state index is 13.6. The van der Waals surface area contributed by atoms with Gasteiger partial charge in [-0.2, -0.15) is 5.10 Å². The molecule has 2 heterocycles. The zero-order chi connectivity index (χ0) is 26.4. The van der Waals surface area contributed by atoms with E-state index in [2.05, 4.69) is 10.1 Å². The summed E-state index contributed by atoms with van der Waals surface area (Å²) in [6, 6.07) is 10.6. The molecule has 3 N–H and O–H groups in total. The van der Waals surface area contributed by atoms with Crippen molar-refractivity contribution >= 4 is 17.7 Å². The first-order valence-corrected chi connectivity index (χ1v) is 11.4. The molecule has 0 radical (unpaired) electrons. The number of benzene rings is 1. The minimum Gasteiger partial charge on any atom is -0.481 e. The van der Waals surface area contributed by atoms with Gasteiger partial charge in [-0.3, -0.25) is 14.5 Å². The smallest absolute Gasteiger partial charge is 0.305 e. The van der Waals surface area contributed by atoms with Crippen LogP contribution >= 0.6 is 0 Å². The van der Waals surface area contributed by atoms with Gasteiger partial charge in [-0.1, -0.05) is 19.9 Å². The summed E-state index contributed by atoms with van der Waals surface area (Å²) in [6.07, 6.45) is -1.61. The number of aromatic nitrogens is 3. The van der Waals surface area contributed by atoms with E-state index in [0.29, 0.717) is 17.1 Å². The first-order chi connectivity index (χ1) is 17.1. The third kappa shape index (κ3) is 6.43. The number of aliphatic hydroxyl groups is 2. The Morgan fingerprint density at radius 1 is 1.11 bits per heavy atom. The minimum atomic E-state index is -1.25. The molecule has 11 heteroatoms. The lowest BCUT2D eigenvalue weighted by molar-refractivity contribution is -0.139. The number of anilines is 1. The number of aliphatic carboxylic acids is 1. The summed E-state index contributed by atoms with van der Waals surface area (Å²) in [6.45, 7) is 3.40. The zero-order valence-electron chi connectivity index (χ0n) is 20.2. The van der Waals surface area contributed by atoms with Crippen LogP contribution in [0.1, 0.15) is 48.7 Å². The van der Waals surface area contributed by atoms with Gasteiger partial charge >= 0.3 is 5.97 Å². The molecule has 0 saturated carbocycles. The molecule has 1 amide bonds. The van der Waals surface area contributed by atoms with Crippen LogP contribution in [0.15, 0.2) is 48.7 Å². The predicted octanol–water partition coefficient (Wildman–Crippen LogP) is 2.77. The Morgan fingerprint density at radius 3 is 2.39 bits per heavy atom. The van der Waals surface area contributed by atoms with E-state index >= 15 is 0 Å². The first-order valence-electron chi connectivity index (χ1n) is 11.4. The third-order valence-corrected chi connectivity index (χ3v) is 5.39. The normalized spacial score (nSPS) is 12.9. The quantitative estimate of drug-likeness (QED) is 0.365. The summed E-state index contributed by atoms with van der Waals surface area (Å²) in [7, 11) is 1.57. The molecule has 10 nitrogen and oxygen atoms in total. The summed E-state index contributed by atoms with van der Waals surface area (Å²) >= 11 is 0. The number of amides is 1. The lowest BCUT2D eigenvalue weighted by Gasteiger charge is -2.18. The highest BCUT2D eigenvalue weighted by Crippen LogP contribution is 2.34. The summed E-state index contributed by atoms with van der Waals surface area (Å²) in [5.41, 5.74) is 0.983. The number of halogens is 1. The summed E-state index contributed by atoms with van der Waals surface area (Å²) in [4.78, 5) is 29.8. The Kier molecular flexibility index (Phi) is 8.73. The molecule has 0 unspecified atom stereocenters. The fourth-order valence-corrected chi connectivity index (χ4v) is 3.65. The number of hydrogen-bond donors (Lipinski definition) is 3. The first kappa shape index (κ1) is 26.8. The molecule has 2 atom stereocenters. The highest BCUT2D eigenvalue weighted by atomic mass is 19.1. The molecule has 0 spiro atoms. The van der Waals surface area contributed by atoms with Gasteiger partial charge in [0.25, 0.3) is 5.91 Å². The van der Waals surface area contributed by atoms with Gasteiger partial charge in [0.15, 0.2) is 5.69 Å². The molecule has 2 aromatic heterocycles. The van der Waals surface area contributed by atoms with Crippen LogP contribution in [0, 0.1) is 5.82 Å². The topological polar surface area (TPSA) is 138 Å². The van der Waals surface area contributed by atoms with Crippen LogP contribution in [-0.2, 0) is 4.79 Å². The number of carboxylic acids is 1. The van der Waals surface area contributed by atoms with Crippen molar-refractivity contribution in [3.05, 3.63) is 65.7 Å². The molecule has 3 aromatic rings. The Hall–Kier alpha value is -3.83. The van der Waals surface area contributed by atoms with Gasteiger partial charge in [0.2, 0.25) is 5.88 Å². The predicted molar refractivity (Wildman–Crippen MR) is 129 cm³/mol. The zero-order valence-corrected chi connectivity index (χ0v) is 20.2. The Balaban J connectivity index is 1.99. The number of rotatable bonds is 11. The number of carbonyl (C=O) groups excluding carboxylic acids is 1. The molecular formula is C25H29FN4O6. The fourth-order valence-electron chi connectivity index (χ4n) is 3.65. The van der Waals surface area contributed by atoms with E-state index < -0.39 is 36.3 Å². The summed E-state index contributed by atoms with van der Waals surface area (Å²) < 4.78 is 20.8. The van der Waals surface area contributed by atoms with Crippen LogP contribution in [-0.4, -0.2) is 67.8 Å². The molecular weight excluding hydrogens is 471 g/mol. The van der Waals surface area contributed by atoms with Crippen LogP contribution in [0.4, 0.5) is 10.2 Å². The van der Waals surface area contributed by atoms with Crippen LogP contribution in [0.3, 0.4) is 0 Å². The Bertz CT molecular complexity index is 1180. The number of pyridine rings is 1. The lowest BCUT2D eigenvalue weighted by atomic mass is 10.0. The van der Waals surface area contributed by atoms with Crippen LogP contribution in [0.5, 0.6) is 5.88 Å². The van der Waals surface area contributed by atoms with Crippen molar-refractivity contribution in [2.24, 2.45) is 0 Å². The molecule has 192 valence electrons. The third-order valence-electron chi connectivity index (χ3n) is 5.39. The van der Waals surface area contributed by atoms with Crippen molar-refractivity contribution in [1.82, 2.24) is 14.8 Å². The van der Waals surface area contributed by atoms with Gasteiger partial charge in [-0.15, -0.1) is 0 Å². The summed E-state index contributed by atoms with van der Waals surface area (Å²) in [5, 5.41) is 33.5. The van der Waals surface area contributed by atoms with Crippen LogP contribution in [0.25, 0.3) is 5.69 Å². The second kappa shape index (κ2) is 11.7. The van der Waals surface area contributed by atoms with Crippen molar-refractivity contribution in [3.8, 4) is 11.6 Å². The Morgan fingerprint density at radius 2 is 1.81 bits per heavy atom. The highest BCUT2D eigenvalue weighted by molar-refractivity contribution is 6.05. The second-order valence-corrected chi connectivity index (χ2v) is 8.61. The fraction of sp³-hybridized carbons (Fsp3) is 0.360. The summed E-state index contributed by atoms with van der Waals surface area (Å²) in [5.74, 6) is -1.74. The molecule has 0 aliphatic carbocycles. The van der Waals surface area contributed by atoms with Crippen molar-refractivity contribution in [1.29, 1.82) is 0 Å². The maximum Gasteiger partial charge on any atom is 0.305 e. The highest BCUT2D eigenvalue weighted by Gasteiger charge is 2.30. The van der Waals surface area contributed by atoms with E-state index in [1.165, 1.54) is 33.8 Å². The van der Waals surface area contributed by atoms with E-state index in [-0.39, 0.29) is 30.5 Å². The monoisotopic (exact) mass is 500 g/mol. The van der Waals surface area contributed by atoms with E-state index in [0.717, 1.165) is 0 Å². The van der Waals surface area contributed by atoms with Gasteiger partial charge in [0.1, 0.15) is 18.2 Å². The number of ether oxygens (including phenoxy) is 1. The average molecular weight is 501 g/mol. The standard InChI is InChI=1S/C25H29FN4O6/c1-15(2)22-23(24(35)29(3)20-6-4-5-11-27-20)28-30(17-9-7-16(26)8-10-17)25(22)36-14-19(32)12-18(31)13-21(33)34/h4-11,15,18-19,31-32H,12-14H2,1-3H3,(H,33,34)/t18-,19+/m1/s1. The number of nitrogens with zero attached hydrogens (tertiary/aromatic N) is 4. The van der Waals surface area contributed by atoms with Crippen molar-refractivity contribution < 1.29 is 34.0 Å². The van der Waals surface area contributed by atoms with Crippen LogP contribution in [0.2, 0.25) is 0 Å².